The zero-order valence-electron chi connectivity index (χ0n) is 8.32. The van der Waals surface area contributed by atoms with Crippen molar-refractivity contribution in [2.75, 3.05) is 12.3 Å². The van der Waals surface area contributed by atoms with E-state index in [9.17, 15) is 0 Å². The molecule has 0 aliphatic rings. The molecule has 0 atom stereocenters. The summed E-state index contributed by atoms with van der Waals surface area (Å²) in [5.41, 5.74) is 0. The molecule has 0 fully saturated rings. The van der Waals surface area contributed by atoms with Crippen LogP contribution in [0.4, 0.5) is 0 Å². The number of hydrogen-bond acceptors (Lipinski definition) is 5. The maximum Gasteiger partial charge on any atom is 0.240 e. The molecule has 14 heavy (non-hydrogen) atoms. The van der Waals surface area contributed by atoms with Crippen LogP contribution in [0.3, 0.4) is 0 Å². The third kappa shape index (κ3) is 3.93. The Morgan fingerprint density at radius 3 is 3.21 bits per heavy atom. The minimum absolute atomic E-state index is 0.607. The molecular formula is C9H15N3OS. The fraction of sp³-hybridized carbons (Fsp3) is 0.556. The molecule has 78 valence electrons. The molecular weight excluding hydrogens is 198 g/mol. The Bertz CT molecular complexity index is 275. The molecule has 1 heterocycles. The zero-order valence-corrected chi connectivity index (χ0v) is 9.14. The highest BCUT2D eigenvalue weighted by Gasteiger charge is 2.04. The van der Waals surface area contributed by atoms with Gasteiger partial charge in [0, 0.05) is 6.54 Å². The van der Waals surface area contributed by atoms with Crippen LogP contribution in [-0.4, -0.2) is 22.4 Å². The van der Waals surface area contributed by atoms with Crippen molar-refractivity contribution in [2.45, 2.75) is 19.2 Å². The quantitative estimate of drug-likeness (QED) is 0.550. The van der Waals surface area contributed by atoms with Crippen molar-refractivity contribution in [3.05, 3.63) is 24.4 Å². The summed E-state index contributed by atoms with van der Waals surface area (Å²) < 4.78 is 5.04. The number of nitrogens with one attached hydrogen (secondary N) is 1. The van der Waals surface area contributed by atoms with Crippen LogP contribution in [0, 0.1) is 0 Å². The summed E-state index contributed by atoms with van der Waals surface area (Å²) in [6, 6.07) is 0. The van der Waals surface area contributed by atoms with Crippen LogP contribution in [0.5, 0.6) is 0 Å². The van der Waals surface area contributed by atoms with Crippen molar-refractivity contribution in [3.63, 3.8) is 0 Å². The van der Waals surface area contributed by atoms with Gasteiger partial charge in [0.05, 0.1) is 12.3 Å². The number of rotatable bonds is 7. The summed E-state index contributed by atoms with van der Waals surface area (Å²) in [7, 11) is 0. The van der Waals surface area contributed by atoms with Gasteiger partial charge in [-0.1, -0.05) is 18.2 Å². The molecule has 1 N–H and O–H groups in total. The first-order valence-corrected chi connectivity index (χ1v) is 5.73. The van der Waals surface area contributed by atoms with Crippen molar-refractivity contribution in [3.8, 4) is 0 Å². The molecule has 0 aromatic carbocycles. The molecule has 0 unspecified atom stereocenters. The van der Waals surface area contributed by atoms with E-state index in [2.05, 4.69) is 29.0 Å². The summed E-state index contributed by atoms with van der Waals surface area (Å²) in [5, 5.41) is 6.96. The van der Waals surface area contributed by atoms with Crippen LogP contribution in [0.1, 0.15) is 18.6 Å². The van der Waals surface area contributed by atoms with Crippen LogP contribution in [0.25, 0.3) is 0 Å². The van der Waals surface area contributed by atoms with Crippen molar-refractivity contribution in [1.29, 1.82) is 0 Å². The molecule has 0 aliphatic carbocycles. The van der Waals surface area contributed by atoms with Gasteiger partial charge >= 0.3 is 0 Å². The molecule has 0 saturated heterocycles. The van der Waals surface area contributed by atoms with Crippen molar-refractivity contribution in [2.24, 2.45) is 0 Å². The smallest absolute Gasteiger partial charge is 0.240 e. The Balaban J connectivity index is 2.31. The lowest BCUT2D eigenvalue weighted by atomic mass is 10.5. The molecule has 0 aliphatic heterocycles. The average Bonchev–Trinajstić information content (AvgIpc) is 2.63. The second kappa shape index (κ2) is 6.62. The molecule has 4 nitrogen and oxygen atoms in total. The van der Waals surface area contributed by atoms with Gasteiger partial charge in [-0.2, -0.15) is 16.7 Å². The van der Waals surface area contributed by atoms with E-state index < -0.39 is 0 Å². The van der Waals surface area contributed by atoms with E-state index in [0.29, 0.717) is 12.4 Å². The fourth-order valence-electron chi connectivity index (χ4n) is 0.895. The fourth-order valence-corrected chi connectivity index (χ4v) is 1.40. The third-order valence-corrected chi connectivity index (χ3v) is 2.38. The molecule has 1 rings (SSSR count). The summed E-state index contributed by atoms with van der Waals surface area (Å²) in [6.07, 6.45) is 1.80. The van der Waals surface area contributed by atoms with Gasteiger partial charge in [0.1, 0.15) is 0 Å². The molecule has 1 aromatic heterocycles. The third-order valence-electron chi connectivity index (χ3n) is 1.51. The molecule has 0 radical (unpaired) electrons. The van der Waals surface area contributed by atoms with E-state index in [1.807, 2.05) is 0 Å². The number of nitrogens with zero attached hydrogens (tertiary/aromatic N) is 2. The lowest BCUT2D eigenvalue weighted by molar-refractivity contribution is 0.366. The first-order valence-electron chi connectivity index (χ1n) is 4.57. The van der Waals surface area contributed by atoms with Crippen molar-refractivity contribution in [1.82, 2.24) is 15.5 Å². The maximum absolute atomic E-state index is 5.04. The Morgan fingerprint density at radius 1 is 1.64 bits per heavy atom. The van der Waals surface area contributed by atoms with Gasteiger partial charge in [-0.3, -0.25) is 0 Å². The number of aromatic nitrogens is 2. The molecule has 0 spiro atoms. The van der Waals surface area contributed by atoms with Gasteiger partial charge < -0.3 is 9.84 Å². The normalized spacial score (nSPS) is 10.4. The number of thioether (sulfide) groups is 1. The van der Waals surface area contributed by atoms with Gasteiger partial charge in [0.25, 0.3) is 0 Å². The van der Waals surface area contributed by atoms with E-state index in [1.54, 1.807) is 17.8 Å². The Hall–Kier alpha value is -0.810. The van der Waals surface area contributed by atoms with E-state index >= 15 is 0 Å². The molecule has 5 heteroatoms. The Morgan fingerprint density at radius 2 is 2.50 bits per heavy atom. The number of hydrogen-bond donors (Lipinski definition) is 1. The lowest BCUT2D eigenvalue weighted by Crippen LogP contribution is -2.12. The van der Waals surface area contributed by atoms with Crippen LogP contribution in [0.15, 0.2) is 17.2 Å². The highest BCUT2D eigenvalue weighted by molar-refractivity contribution is 7.98. The van der Waals surface area contributed by atoms with Crippen LogP contribution >= 0.6 is 11.8 Å². The summed E-state index contributed by atoms with van der Waals surface area (Å²) in [6.45, 7) is 7.07. The first-order chi connectivity index (χ1) is 6.86. The van der Waals surface area contributed by atoms with Gasteiger partial charge in [0.2, 0.25) is 5.89 Å². The first kappa shape index (κ1) is 11.3. The SMILES string of the molecule is C=CCNCc1nc(CSCC)no1. The minimum Gasteiger partial charge on any atom is -0.338 e. The minimum atomic E-state index is 0.607. The zero-order chi connectivity index (χ0) is 10.2. The average molecular weight is 213 g/mol. The largest absolute Gasteiger partial charge is 0.338 e. The molecule has 1 aromatic rings. The van der Waals surface area contributed by atoms with Gasteiger partial charge in [-0.25, -0.2) is 0 Å². The van der Waals surface area contributed by atoms with Crippen LogP contribution < -0.4 is 5.32 Å². The highest BCUT2D eigenvalue weighted by Crippen LogP contribution is 2.08. The molecule has 0 amide bonds. The Kier molecular flexibility index (Phi) is 5.32. The highest BCUT2D eigenvalue weighted by atomic mass is 32.2. The van der Waals surface area contributed by atoms with E-state index in [4.69, 9.17) is 4.52 Å². The van der Waals surface area contributed by atoms with Crippen molar-refractivity contribution >= 4 is 11.8 Å². The monoisotopic (exact) mass is 213 g/mol. The van der Waals surface area contributed by atoms with Crippen LogP contribution in [0.2, 0.25) is 0 Å². The standard InChI is InChI=1S/C9H15N3OS/c1-3-5-10-6-9-11-8(12-13-9)7-14-4-2/h3,10H,1,4-7H2,2H3. The van der Waals surface area contributed by atoms with Crippen LogP contribution in [-0.2, 0) is 12.3 Å². The van der Waals surface area contributed by atoms with Gasteiger partial charge in [0.15, 0.2) is 5.82 Å². The summed E-state index contributed by atoms with van der Waals surface area (Å²) in [5.74, 6) is 3.30. The second-order valence-corrected chi connectivity index (χ2v) is 3.94. The lowest BCUT2D eigenvalue weighted by Gasteiger charge is -1.93. The van der Waals surface area contributed by atoms with Gasteiger partial charge in [-0.05, 0) is 5.75 Å². The second-order valence-electron chi connectivity index (χ2n) is 2.66. The van der Waals surface area contributed by atoms with Crippen molar-refractivity contribution < 1.29 is 4.52 Å². The summed E-state index contributed by atoms with van der Waals surface area (Å²) in [4.78, 5) is 4.22. The maximum atomic E-state index is 5.04. The Labute approximate surface area is 88.2 Å². The molecule has 0 saturated carbocycles. The predicted octanol–water partition coefficient (Wildman–Crippen LogP) is 1.60. The van der Waals surface area contributed by atoms with E-state index in [-0.39, 0.29) is 0 Å². The predicted molar refractivity (Wildman–Crippen MR) is 58.0 cm³/mol. The van der Waals surface area contributed by atoms with E-state index in [0.717, 1.165) is 23.9 Å². The van der Waals surface area contributed by atoms with E-state index in [1.165, 1.54) is 0 Å². The van der Waals surface area contributed by atoms with Gasteiger partial charge in [-0.15, -0.1) is 6.58 Å². The summed E-state index contributed by atoms with van der Waals surface area (Å²) >= 11 is 1.78. The molecule has 0 bridgehead atoms. The topological polar surface area (TPSA) is 51.0 Å².